The highest BCUT2D eigenvalue weighted by Crippen LogP contribution is 2.11. The van der Waals surface area contributed by atoms with Crippen molar-refractivity contribution in [3.63, 3.8) is 0 Å². The molecule has 0 fully saturated rings. The van der Waals surface area contributed by atoms with E-state index in [4.69, 9.17) is 0 Å². The van der Waals surface area contributed by atoms with E-state index in [2.05, 4.69) is 15.8 Å². The Bertz CT molecular complexity index is 770. The first-order chi connectivity index (χ1) is 12.0. The molecule has 0 spiro atoms. The van der Waals surface area contributed by atoms with Gasteiger partial charge in [-0.3, -0.25) is 9.59 Å². The van der Waals surface area contributed by atoms with E-state index in [1.807, 2.05) is 56.3 Å². The Balaban J connectivity index is 1.86. The molecule has 5 nitrogen and oxygen atoms in total. The lowest BCUT2D eigenvalue weighted by Gasteiger charge is -2.14. The Hall–Kier alpha value is -2.95. The summed E-state index contributed by atoms with van der Waals surface area (Å²) < 4.78 is 0. The van der Waals surface area contributed by atoms with E-state index in [0.29, 0.717) is 11.3 Å². The minimum Gasteiger partial charge on any atom is -0.349 e. The van der Waals surface area contributed by atoms with Crippen LogP contribution in [-0.2, 0) is 4.79 Å². The van der Waals surface area contributed by atoms with Gasteiger partial charge in [0.05, 0.1) is 12.5 Å². The Morgan fingerprint density at radius 3 is 2.48 bits per heavy atom. The molecule has 0 saturated heterocycles. The van der Waals surface area contributed by atoms with Gasteiger partial charge in [0.2, 0.25) is 5.91 Å². The Labute approximate surface area is 148 Å². The highest BCUT2D eigenvalue weighted by Gasteiger charge is 2.11. The molecule has 0 heterocycles. The summed E-state index contributed by atoms with van der Waals surface area (Å²) in [4.78, 5) is 24.1. The number of aryl methyl sites for hydroxylation is 1. The highest BCUT2D eigenvalue weighted by molar-refractivity contribution is 6.01. The van der Waals surface area contributed by atoms with Crippen LogP contribution in [0.4, 0.5) is 0 Å². The first-order valence-corrected chi connectivity index (χ1v) is 8.20. The summed E-state index contributed by atoms with van der Waals surface area (Å²) in [5, 5.41) is 6.93. The van der Waals surface area contributed by atoms with Crippen LogP contribution >= 0.6 is 0 Å². The minimum absolute atomic E-state index is 0.0802. The maximum atomic E-state index is 12.1. The van der Waals surface area contributed by atoms with Gasteiger partial charge in [0, 0.05) is 11.3 Å². The highest BCUT2D eigenvalue weighted by atomic mass is 16.2. The third kappa shape index (κ3) is 5.88. The zero-order chi connectivity index (χ0) is 18.2. The molecule has 25 heavy (non-hydrogen) atoms. The molecule has 0 radical (unpaired) electrons. The molecule has 2 amide bonds. The molecule has 2 rings (SSSR count). The molecule has 0 bridgehead atoms. The second-order valence-corrected chi connectivity index (χ2v) is 6.03. The van der Waals surface area contributed by atoms with Crippen molar-refractivity contribution in [2.24, 2.45) is 5.10 Å². The Kier molecular flexibility index (Phi) is 6.46. The van der Waals surface area contributed by atoms with Crippen LogP contribution < -0.4 is 10.7 Å². The van der Waals surface area contributed by atoms with Crippen LogP contribution in [0, 0.1) is 6.92 Å². The first kappa shape index (κ1) is 18.4. The quantitative estimate of drug-likeness (QED) is 0.627. The zero-order valence-electron chi connectivity index (χ0n) is 14.7. The van der Waals surface area contributed by atoms with Gasteiger partial charge in [-0.25, -0.2) is 5.43 Å². The summed E-state index contributed by atoms with van der Waals surface area (Å²) in [5.74, 6) is -0.427. The molecular weight excluding hydrogens is 314 g/mol. The number of nitrogens with zero attached hydrogens (tertiary/aromatic N) is 1. The lowest BCUT2D eigenvalue weighted by molar-refractivity contribution is -0.120. The number of carbonyl (C=O) groups excluding carboxylic acids is 2. The van der Waals surface area contributed by atoms with E-state index < -0.39 is 0 Å². The Morgan fingerprint density at radius 2 is 1.80 bits per heavy atom. The van der Waals surface area contributed by atoms with Crippen molar-refractivity contribution in [2.45, 2.75) is 33.2 Å². The van der Waals surface area contributed by atoms with Crippen LogP contribution in [0.3, 0.4) is 0 Å². The molecule has 2 aromatic carbocycles. The molecular formula is C20H23N3O2. The van der Waals surface area contributed by atoms with E-state index >= 15 is 0 Å². The summed E-state index contributed by atoms with van der Waals surface area (Å²) in [7, 11) is 0. The summed E-state index contributed by atoms with van der Waals surface area (Å²) in [5.41, 5.74) is 5.61. The van der Waals surface area contributed by atoms with Gasteiger partial charge >= 0.3 is 0 Å². The van der Waals surface area contributed by atoms with E-state index in [1.54, 1.807) is 19.1 Å². The largest absolute Gasteiger partial charge is 0.349 e. The standard InChI is InChI=1S/C20H23N3O2/c1-14-8-7-11-18(12-14)20(25)23-22-15(2)13-19(24)21-16(3)17-9-5-4-6-10-17/h4-12,16H,13H2,1-3H3,(H,21,24)(H,23,25)/b22-15+. The van der Waals surface area contributed by atoms with Crippen molar-refractivity contribution in [3.8, 4) is 0 Å². The van der Waals surface area contributed by atoms with Gasteiger partial charge in [-0.2, -0.15) is 5.10 Å². The lowest BCUT2D eigenvalue weighted by Crippen LogP contribution is -2.28. The van der Waals surface area contributed by atoms with Crippen molar-refractivity contribution < 1.29 is 9.59 Å². The smallest absolute Gasteiger partial charge is 0.271 e. The average Bonchev–Trinajstić information content (AvgIpc) is 2.60. The third-order valence-electron chi connectivity index (χ3n) is 3.72. The van der Waals surface area contributed by atoms with Gasteiger partial charge in [0.25, 0.3) is 5.91 Å². The number of carbonyl (C=O) groups is 2. The molecule has 0 aromatic heterocycles. The Morgan fingerprint density at radius 1 is 1.08 bits per heavy atom. The number of benzene rings is 2. The normalized spacial score (nSPS) is 12.4. The number of hydrogen-bond acceptors (Lipinski definition) is 3. The maximum absolute atomic E-state index is 12.1. The van der Waals surface area contributed by atoms with E-state index in [1.165, 1.54) is 0 Å². The molecule has 1 unspecified atom stereocenters. The number of hydrogen-bond donors (Lipinski definition) is 2. The SMILES string of the molecule is C/C(CC(=O)NC(C)c1ccccc1)=N\NC(=O)c1cccc(C)c1. The minimum atomic E-state index is -0.291. The second kappa shape index (κ2) is 8.78. The fourth-order valence-electron chi connectivity index (χ4n) is 2.39. The van der Waals surface area contributed by atoms with E-state index in [0.717, 1.165) is 11.1 Å². The zero-order valence-corrected chi connectivity index (χ0v) is 14.7. The molecule has 0 aliphatic heterocycles. The summed E-state index contributed by atoms with van der Waals surface area (Å²) in [6.45, 7) is 5.56. The summed E-state index contributed by atoms with van der Waals surface area (Å²) in [6.07, 6.45) is 0.130. The fraction of sp³-hybridized carbons (Fsp3) is 0.250. The fourth-order valence-corrected chi connectivity index (χ4v) is 2.39. The second-order valence-electron chi connectivity index (χ2n) is 6.03. The molecule has 0 saturated carbocycles. The van der Waals surface area contributed by atoms with Crippen molar-refractivity contribution in [2.75, 3.05) is 0 Å². The van der Waals surface area contributed by atoms with Crippen LogP contribution in [0.1, 0.15) is 47.8 Å². The van der Waals surface area contributed by atoms with Crippen LogP contribution in [-0.4, -0.2) is 17.5 Å². The lowest BCUT2D eigenvalue weighted by atomic mass is 10.1. The van der Waals surface area contributed by atoms with Crippen LogP contribution in [0.2, 0.25) is 0 Å². The average molecular weight is 337 g/mol. The number of rotatable bonds is 6. The van der Waals surface area contributed by atoms with Crippen LogP contribution in [0.15, 0.2) is 59.7 Å². The van der Waals surface area contributed by atoms with Crippen molar-refractivity contribution in [1.82, 2.24) is 10.7 Å². The number of nitrogens with one attached hydrogen (secondary N) is 2. The van der Waals surface area contributed by atoms with Gasteiger partial charge in [0.1, 0.15) is 0 Å². The molecule has 130 valence electrons. The summed E-state index contributed by atoms with van der Waals surface area (Å²) >= 11 is 0. The molecule has 5 heteroatoms. The van der Waals surface area contributed by atoms with Gasteiger partial charge < -0.3 is 5.32 Å². The molecule has 0 aliphatic rings. The molecule has 2 aromatic rings. The molecule has 0 aliphatic carbocycles. The predicted octanol–water partition coefficient (Wildman–Crippen LogP) is 3.37. The monoisotopic (exact) mass is 337 g/mol. The van der Waals surface area contributed by atoms with Gasteiger partial charge in [0.15, 0.2) is 0 Å². The topological polar surface area (TPSA) is 70.6 Å². The van der Waals surface area contributed by atoms with Gasteiger partial charge in [-0.05, 0) is 38.5 Å². The summed E-state index contributed by atoms with van der Waals surface area (Å²) in [6, 6.07) is 16.9. The maximum Gasteiger partial charge on any atom is 0.271 e. The van der Waals surface area contributed by atoms with Crippen molar-refractivity contribution in [1.29, 1.82) is 0 Å². The third-order valence-corrected chi connectivity index (χ3v) is 3.72. The van der Waals surface area contributed by atoms with Crippen LogP contribution in [0.5, 0.6) is 0 Å². The first-order valence-electron chi connectivity index (χ1n) is 8.20. The van der Waals surface area contributed by atoms with Crippen LogP contribution in [0.25, 0.3) is 0 Å². The van der Waals surface area contributed by atoms with Gasteiger partial charge in [-0.1, -0.05) is 48.0 Å². The van der Waals surface area contributed by atoms with Crippen molar-refractivity contribution in [3.05, 3.63) is 71.3 Å². The predicted molar refractivity (Wildman–Crippen MR) is 99.4 cm³/mol. The molecule has 2 N–H and O–H groups in total. The van der Waals surface area contributed by atoms with E-state index in [-0.39, 0.29) is 24.3 Å². The molecule has 1 atom stereocenters. The van der Waals surface area contributed by atoms with Crippen molar-refractivity contribution >= 4 is 17.5 Å². The van der Waals surface area contributed by atoms with Gasteiger partial charge in [-0.15, -0.1) is 0 Å². The number of hydrazone groups is 1. The number of amides is 2. The van der Waals surface area contributed by atoms with E-state index in [9.17, 15) is 9.59 Å².